The second-order valence-corrected chi connectivity index (χ2v) is 10.6. The summed E-state index contributed by atoms with van der Waals surface area (Å²) < 4.78 is 0. The minimum atomic E-state index is 0.317. The molecule has 1 amide bonds. The normalized spacial score (nSPS) is 26.5. The van der Waals surface area contributed by atoms with Gasteiger partial charge in [-0.3, -0.25) is 4.79 Å². The summed E-state index contributed by atoms with van der Waals surface area (Å²) >= 11 is 1.81. The lowest BCUT2D eigenvalue weighted by Crippen LogP contribution is -2.36. The van der Waals surface area contributed by atoms with E-state index in [2.05, 4.69) is 39.2 Å². The molecule has 7 heteroatoms. The van der Waals surface area contributed by atoms with Crippen molar-refractivity contribution in [1.29, 1.82) is 0 Å². The molecule has 0 radical (unpaired) electrons. The van der Waals surface area contributed by atoms with Gasteiger partial charge < -0.3 is 15.1 Å². The molecule has 3 aliphatic rings. The number of hydrogen-bond donors (Lipinski definition) is 1. The van der Waals surface area contributed by atoms with Crippen molar-refractivity contribution in [1.82, 2.24) is 19.8 Å². The second-order valence-electron chi connectivity index (χ2n) is 9.48. The smallest absolute Gasteiger partial charge is 0.223 e. The summed E-state index contributed by atoms with van der Waals surface area (Å²) in [6.45, 7) is 1.88. The van der Waals surface area contributed by atoms with Crippen LogP contribution < -0.4 is 5.32 Å². The van der Waals surface area contributed by atoms with Gasteiger partial charge in [-0.05, 0) is 76.9 Å². The van der Waals surface area contributed by atoms with Crippen LogP contribution >= 0.6 is 11.3 Å². The number of aromatic nitrogens is 2. The summed E-state index contributed by atoms with van der Waals surface area (Å²) in [4.78, 5) is 29.0. The van der Waals surface area contributed by atoms with Crippen LogP contribution in [0.1, 0.15) is 67.7 Å². The first-order valence-electron chi connectivity index (χ1n) is 11.6. The van der Waals surface area contributed by atoms with E-state index in [-0.39, 0.29) is 0 Å². The molecule has 3 heterocycles. The topological polar surface area (TPSA) is 61.4 Å². The maximum absolute atomic E-state index is 12.8. The molecule has 0 bridgehead atoms. The fraction of sp³-hybridized carbons (Fsp3) is 0.696. The first-order valence-corrected chi connectivity index (χ1v) is 12.4. The molecule has 1 saturated heterocycles. The van der Waals surface area contributed by atoms with Crippen LogP contribution in [0.3, 0.4) is 0 Å². The van der Waals surface area contributed by atoms with Gasteiger partial charge in [0, 0.05) is 36.5 Å². The Morgan fingerprint density at radius 2 is 1.93 bits per heavy atom. The highest BCUT2D eigenvalue weighted by molar-refractivity contribution is 7.19. The Morgan fingerprint density at radius 3 is 2.67 bits per heavy atom. The number of fused-ring (bicyclic) bond motifs is 3. The molecule has 30 heavy (non-hydrogen) atoms. The fourth-order valence-electron chi connectivity index (χ4n) is 5.62. The van der Waals surface area contributed by atoms with E-state index in [1.807, 2.05) is 11.3 Å². The van der Waals surface area contributed by atoms with E-state index in [9.17, 15) is 4.79 Å². The third-order valence-electron chi connectivity index (χ3n) is 7.38. The van der Waals surface area contributed by atoms with E-state index in [0.29, 0.717) is 30.3 Å². The molecule has 2 fully saturated rings. The van der Waals surface area contributed by atoms with Crippen LogP contribution in [0.5, 0.6) is 0 Å². The van der Waals surface area contributed by atoms with Gasteiger partial charge in [-0.15, -0.1) is 11.3 Å². The fourth-order valence-corrected chi connectivity index (χ4v) is 6.86. The monoisotopic (exact) mass is 427 g/mol. The molecule has 2 aromatic rings. The SMILES string of the molecule is CN(C)C1CCC(Nc2ncnc3sc4c(c23)C(CC(=O)N2CCCC2)CC4)CC1. The molecule has 1 aliphatic heterocycles. The Morgan fingerprint density at radius 1 is 1.17 bits per heavy atom. The van der Waals surface area contributed by atoms with Crippen LogP contribution in [0.4, 0.5) is 5.82 Å². The van der Waals surface area contributed by atoms with Gasteiger partial charge in [0.1, 0.15) is 17.0 Å². The molecule has 2 aromatic heterocycles. The standard InChI is InChI=1S/C23H33N5OS/c1-27(2)17-8-6-16(7-9-17)26-22-21-20-15(13-19(29)28-11-3-4-12-28)5-10-18(20)30-23(21)25-14-24-22/h14-17H,3-13H2,1-2H3,(H,24,25,26). The van der Waals surface area contributed by atoms with E-state index < -0.39 is 0 Å². The van der Waals surface area contributed by atoms with Crippen LogP contribution in [0.25, 0.3) is 10.2 Å². The van der Waals surface area contributed by atoms with Gasteiger partial charge in [-0.1, -0.05) is 0 Å². The van der Waals surface area contributed by atoms with Crippen LogP contribution in [-0.4, -0.2) is 64.9 Å². The van der Waals surface area contributed by atoms with Crippen LogP contribution in [0.2, 0.25) is 0 Å². The lowest BCUT2D eigenvalue weighted by molar-refractivity contribution is -0.130. The molecular formula is C23H33N5OS. The van der Waals surface area contributed by atoms with Crippen molar-refractivity contribution in [2.75, 3.05) is 32.5 Å². The van der Waals surface area contributed by atoms with Gasteiger partial charge >= 0.3 is 0 Å². The zero-order valence-electron chi connectivity index (χ0n) is 18.2. The number of nitrogens with one attached hydrogen (secondary N) is 1. The van der Waals surface area contributed by atoms with E-state index in [0.717, 1.165) is 49.4 Å². The van der Waals surface area contributed by atoms with Gasteiger partial charge in [0.05, 0.1) is 5.39 Å². The average Bonchev–Trinajstić information content (AvgIpc) is 3.46. The van der Waals surface area contributed by atoms with Crippen molar-refractivity contribution in [3.05, 3.63) is 16.8 Å². The second kappa shape index (κ2) is 8.42. The predicted octanol–water partition coefficient (Wildman–Crippen LogP) is 4.02. The summed E-state index contributed by atoms with van der Waals surface area (Å²) in [5.41, 5.74) is 1.37. The largest absolute Gasteiger partial charge is 0.367 e. The van der Waals surface area contributed by atoms with Gasteiger partial charge in [0.2, 0.25) is 5.91 Å². The van der Waals surface area contributed by atoms with Gasteiger partial charge in [0.15, 0.2) is 0 Å². The quantitative estimate of drug-likeness (QED) is 0.781. The van der Waals surface area contributed by atoms with Crippen molar-refractivity contribution >= 4 is 33.3 Å². The third-order valence-corrected chi connectivity index (χ3v) is 8.55. The van der Waals surface area contributed by atoms with E-state index in [1.165, 1.54) is 41.5 Å². The Labute approximate surface area is 183 Å². The number of aryl methyl sites for hydroxylation is 1. The Balaban J connectivity index is 1.36. The Kier molecular flexibility index (Phi) is 5.67. The van der Waals surface area contributed by atoms with Crippen molar-refractivity contribution in [2.45, 2.75) is 75.8 Å². The van der Waals surface area contributed by atoms with Crippen LogP contribution in [0, 0.1) is 0 Å². The molecule has 0 aromatic carbocycles. The van der Waals surface area contributed by atoms with Crippen LogP contribution in [0.15, 0.2) is 6.33 Å². The zero-order valence-corrected chi connectivity index (χ0v) is 19.0. The predicted molar refractivity (Wildman–Crippen MR) is 122 cm³/mol. The number of thiophene rings is 1. The summed E-state index contributed by atoms with van der Waals surface area (Å²) in [6.07, 6.45) is 11.6. The molecule has 6 nitrogen and oxygen atoms in total. The Bertz CT molecular complexity index is 912. The van der Waals surface area contributed by atoms with E-state index >= 15 is 0 Å². The number of hydrogen-bond acceptors (Lipinski definition) is 6. The molecule has 1 saturated carbocycles. The maximum atomic E-state index is 12.8. The van der Waals surface area contributed by atoms with E-state index in [4.69, 9.17) is 0 Å². The number of amides is 1. The van der Waals surface area contributed by atoms with Gasteiger partial charge in [-0.2, -0.15) is 0 Å². The molecule has 0 spiro atoms. The molecular weight excluding hydrogens is 394 g/mol. The number of anilines is 1. The number of rotatable bonds is 5. The van der Waals surface area contributed by atoms with Crippen molar-refractivity contribution in [3.8, 4) is 0 Å². The zero-order chi connectivity index (χ0) is 20.7. The average molecular weight is 428 g/mol. The molecule has 1 atom stereocenters. The minimum absolute atomic E-state index is 0.317. The van der Waals surface area contributed by atoms with Gasteiger partial charge in [-0.25, -0.2) is 9.97 Å². The summed E-state index contributed by atoms with van der Waals surface area (Å²) in [5, 5.41) is 4.97. The molecule has 5 rings (SSSR count). The number of carbonyl (C=O) groups excluding carboxylic acids is 1. The number of nitrogens with zero attached hydrogens (tertiary/aromatic N) is 4. The first-order chi connectivity index (χ1) is 14.6. The highest BCUT2D eigenvalue weighted by Crippen LogP contribution is 2.47. The number of carbonyl (C=O) groups is 1. The number of likely N-dealkylation sites (tertiary alicyclic amines) is 1. The van der Waals surface area contributed by atoms with Crippen molar-refractivity contribution in [2.24, 2.45) is 0 Å². The van der Waals surface area contributed by atoms with E-state index in [1.54, 1.807) is 6.33 Å². The first kappa shape index (κ1) is 20.2. The van der Waals surface area contributed by atoms with Crippen molar-refractivity contribution < 1.29 is 4.79 Å². The van der Waals surface area contributed by atoms with Crippen LogP contribution in [-0.2, 0) is 11.2 Å². The molecule has 1 unspecified atom stereocenters. The minimum Gasteiger partial charge on any atom is -0.367 e. The third kappa shape index (κ3) is 3.82. The lowest BCUT2D eigenvalue weighted by atomic mass is 9.90. The summed E-state index contributed by atoms with van der Waals surface area (Å²) in [5.74, 6) is 1.64. The van der Waals surface area contributed by atoms with Gasteiger partial charge in [0.25, 0.3) is 0 Å². The molecule has 1 N–H and O–H groups in total. The summed E-state index contributed by atoms with van der Waals surface area (Å²) in [7, 11) is 4.37. The molecule has 2 aliphatic carbocycles. The van der Waals surface area contributed by atoms with Crippen molar-refractivity contribution in [3.63, 3.8) is 0 Å². The lowest BCUT2D eigenvalue weighted by Gasteiger charge is -2.33. The molecule has 162 valence electrons. The summed E-state index contributed by atoms with van der Waals surface area (Å²) in [6, 6.07) is 1.17. The maximum Gasteiger partial charge on any atom is 0.223 e. The highest BCUT2D eigenvalue weighted by Gasteiger charge is 2.33. The highest BCUT2D eigenvalue weighted by atomic mass is 32.1. The Hall–Kier alpha value is -1.73.